The van der Waals surface area contributed by atoms with Gasteiger partial charge in [0.25, 0.3) is 0 Å². The van der Waals surface area contributed by atoms with E-state index in [0.29, 0.717) is 39.0 Å². The number of thiazole rings is 1. The van der Waals surface area contributed by atoms with Crippen LogP contribution < -0.4 is 0 Å². The van der Waals surface area contributed by atoms with Gasteiger partial charge in [0.05, 0.1) is 12.1 Å². The number of thiophene rings is 1. The van der Waals surface area contributed by atoms with Gasteiger partial charge in [-0.25, -0.2) is 4.98 Å². The molecule has 1 saturated heterocycles. The second-order valence-corrected chi connectivity index (χ2v) is 9.07. The van der Waals surface area contributed by atoms with E-state index in [9.17, 15) is 9.59 Å². The number of aromatic nitrogens is 1. The monoisotopic (exact) mass is 439 g/mol. The summed E-state index contributed by atoms with van der Waals surface area (Å²) in [5.41, 5.74) is 3.21. The first-order chi connectivity index (χ1) is 14.7. The molecule has 1 fully saturated rings. The predicted molar refractivity (Wildman–Crippen MR) is 122 cm³/mol. The second-order valence-electron chi connectivity index (χ2n) is 7.43. The van der Waals surface area contributed by atoms with Gasteiger partial charge in [-0.15, -0.1) is 11.3 Å². The van der Waals surface area contributed by atoms with Crippen LogP contribution in [0, 0.1) is 0 Å². The minimum atomic E-state index is 0.0911. The highest BCUT2D eigenvalue weighted by atomic mass is 32.1. The van der Waals surface area contributed by atoms with Crippen LogP contribution in [0.3, 0.4) is 0 Å². The molecule has 0 saturated carbocycles. The van der Waals surface area contributed by atoms with Crippen LogP contribution in [0.5, 0.6) is 0 Å². The maximum Gasteiger partial charge on any atom is 0.228 e. The number of benzene rings is 1. The van der Waals surface area contributed by atoms with E-state index >= 15 is 0 Å². The van der Waals surface area contributed by atoms with E-state index in [0.717, 1.165) is 29.1 Å². The lowest BCUT2D eigenvalue weighted by molar-refractivity contribution is -0.139. The number of rotatable bonds is 7. The van der Waals surface area contributed by atoms with E-state index in [1.807, 2.05) is 44.8 Å². The molecule has 3 aromatic rings. The van der Waals surface area contributed by atoms with Crippen LogP contribution in [0.2, 0.25) is 0 Å². The highest BCUT2D eigenvalue weighted by Crippen LogP contribution is 2.26. The molecule has 7 heteroatoms. The van der Waals surface area contributed by atoms with E-state index in [1.54, 1.807) is 22.7 Å². The Bertz CT molecular complexity index is 962. The fourth-order valence-electron chi connectivity index (χ4n) is 3.63. The molecule has 0 bridgehead atoms. The Hall–Kier alpha value is -2.51. The normalized spacial score (nSPS) is 14.1. The molecular weight excluding hydrogens is 414 g/mol. The Morgan fingerprint density at radius 3 is 2.37 bits per heavy atom. The first-order valence-corrected chi connectivity index (χ1v) is 12.1. The van der Waals surface area contributed by atoms with Gasteiger partial charge in [-0.3, -0.25) is 9.59 Å². The third-order valence-electron chi connectivity index (χ3n) is 5.34. The molecule has 3 heterocycles. The predicted octanol–water partition coefficient (Wildman–Crippen LogP) is 4.11. The maximum atomic E-state index is 12.7. The van der Waals surface area contributed by atoms with Gasteiger partial charge >= 0.3 is 0 Å². The summed E-state index contributed by atoms with van der Waals surface area (Å²) >= 11 is 3.22. The molecule has 0 radical (unpaired) electrons. The SMILES string of the molecule is O=C(CCCc1ccccc1)N1CCN(C(=O)Cc2csc(-c3ccsc3)n2)CC1. The van der Waals surface area contributed by atoms with Crippen molar-refractivity contribution in [3.63, 3.8) is 0 Å². The zero-order valence-corrected chi connectivity index (χ0v) is 18.5. The molecule has 0 aliphatic carbocycles. The lowest BCUT2D eigenvalue weighted by atomic mass is 10.1. The Morgan fingerprint density at radius 1 is 0.933 bits per heavy atom. The first kappa shape index (κ1) is 20.8. The van der Waals surface area contributed by atoms with Crippen molar-refractivity contribution in [3.05, 3.63) is 63.8 Å². The van der Waals surface area contributed by atoms with Crippen LogP contribution in [0.25, 0.3) is 10.6 Å². The van der Waals surface area contributed by atoms with Crippen molar-refractivity contribution in [2.45, 2.75) is 25.7 Å². The summed E-state index contributed by atoms with van der Waals surface area (Å²) in [5.74, 6) is 0.284. The Morgan fingerprint density at radius 2 is 1.67 bits per heavy atom. The number of aryl methyl sites for hydroxylation is 1. The largest absolute Gasteiger partial charge is 0.339 e. The molecule has 4 rings (SSSR count). The van der Waals surface area contributed by atoms with E-state index < -0.39 is 0 Å². The molecule has 30 heavy (non-hydrogen) atoms. The number of piperazine rings is 1. The van der Waals surface area contributed by atoms with Crippen molar-refractivity contribution in [1.29, 1.82) is 0 Å². The fraction of sp³-hybridized carbons (Fsp3) is 0.348. The van der Waals surface area contributed by atoms with Crippen molar-refractivity contribution in [3.8, 4) is 10.6 Å². The maximum absolute atomic E-state index is 12.7. The van der Waals surface area contributed by atoms with Gasteiger partial charge in [-0.1, -0.05) is 30.3 Å². The van der Waals surface area contributed by atoms with Crippen molar-refractivity contribution in [1.82, 2.24) is 14.8 Å². The summed E-state index contributed by atoms with van der Waals surface area (Å²) < 4.78 is 0. The van der Waals surface area contributed by atoms with E-state index in [2.05, 4.69) is 22.5 Å². The summed E-state index contributed by atoms with van der Waals surface area (Å²) in [5, 5.41) is 7.03. The van der Waals surface area contributed by atoms with Crippen LogP contribution in [0.1, 0.15) is 24.1 Å². The zero-order valence-electron chi connectivity index (χ0n) is 16.8. The second kappa shape index (κ2) is 10.00. The molecule has 1 aromatic carbocycles. The van der Waals surface area contributed by atoms with Gasteiger partial charge in [0.1, 0.15) is 5.01 Å². The van der Waals surface area contributed by atoms with Crippen LogP contribution in [0.15, 0.2) is 52.5 Å². The number of amides is 2. The summed E-state index contributed by atoms with van der Waals surface area (Å²) in [6.45, 7) is 2.44. The highest BCUT2D eigenvalue weighted by molar-refractivity contribution is 7.14. The van der Waals surface area contributed by atoms with Crippen LogP contribution in [-0.2, 0) is 22.4 Å². The molecule has 2 aromatic heterocycles. The first-order valence-electron chi connectivity index (χ1n) is 10.3. The van der Waals surface area contributed by atoms with E-state index in [1.165, 1.54) is 5.56 Å². The Kier molecular flexibility index (Phi) is 6.92. The van der Waals surface area contributed by atoms with Crippen molar-refractivity contribution < 1.29 is 9.59 Å². The molecule has 5 nitrogen and oxygen atoms in total. The molecule has 0 spiro atoms. The molecule has 156 valence electrons. The minimum absolute atomic E-state index is 0.0911. The van der Waals surface area contributed by atoms with Gasteiger partial charge in [-0.05, 0) is 29.9 Å². The van der Waals surface area contributed by atoms with Gasteiger partial charge in [0.15, 0.2) is 0 Å². The Balaban J connectivity index is 1.20. The molecule has 2 amide bonds. The van der Waals surface area contributed by atoms with E-state index in [-0.39, 0.29) is 11.8 Å². The van der Waals surface area contributed by atoms with Gasteiger partial charge < -0.3 is 9.80 Å². The lowest BCUT2D eigenvalue weighted by Crippen LogP contribution is -2.51. The average Bonchev–Trinajstić information content (AvgIpc) is 3.46. The lowest BCUT2D eigenvalue weighted by Gasteiger charge is -2.34. The van der Waals surface area contributed by atoms with Crippen molar-refractivity contribution >= 4 is 34.5 Å². The van der Waals surface area contributed by atoms with Gasteiger partial charge in [0, 0.05) is 48.9 Å². The zero-order chi connectivity index (χ0) is 20.8. The number of carbonyl (C=O) groups is 2. The smallest absolute Gasteiger partial charge is 0.228 e. The van der Waals surface area contributed by atoms with Crippen LogP contribution in [-0.4, -0.2) is 52.8 Å². The molecule has 1 aliphatic heterocycles. The summed E-state index contributed by atoms with van der Waals surface area (Å²) in [7, 11) is 0. The molecule has 0 atom stereocenters. The van der Waals surface area contributed by atoms with Crippen LogP contribution >= 0.6 is 22.7 Å². The number of carbonyl (C=O) groups excluding carboxylic acids is 2. The quantitative estimate of drug-likeness (QED) is 0.557. The third-order valence-corrected chi connectivity index (χ3v) is 6.96. The summed E-state index contributed by atoms with van der Waals surface area (Å²) in [6.07, 6.45) is 2.67. The number of hydrogen-bond acceptors (Lipinski definition) is 5. The fourth-order valence-corrected chi connectivity index (χ4v) is 5.16. The topological polar surface area (TPSA) is 53.5 Å². The van der Waals surface area contributed by atoms with Crippen LogP contribution in [0.4, 0.5) is 0 Å². The summed E-state index contributed by atoms with van der Waals surface area (Å²) in [6, 6.07) is 12.3. The van der Waals surface area contributed by atoms with Gasteiger partial charge in [-0.2, -0.15) is 11.3 Å². The standard InChI is InChI=1S/C23H25N3O2S2/c27-21(8-4-7-18-5-2-1-3-6-18)25-10-12-26(13-11-25)22(28)15-20-17-30-23(24-20)19-9-14-29-16-19/h1-3,5-6,9,14,16-17H,4,7-8,10-13,15H2. The van der Waals surface area contributed by atoms with Gasteiger partial charge in [0.2, 0.25) is 11.8 Å². The highest BCUT2D eigenvalue weighted by Gasteiger charge is 2.24. The number of hydrogen-bond donors (Lipinski definition) is 0. The molecule has 0 N–H and O–H groups in total. The molecular formula is C23H25N3O2S2. The third kappa shape index (κ3) is 5.34. The minimum Gasteiger partial charge on any atom is -0.339 e. The average molecular weight is 440 g/mol. The Labute approximate surface area is 185 Å². The van der Waals surface area contributed by atoms with E-state index in [4.69, 9.17) is 0 Å². The molecule has 0 unspecified atom stereocenters. The molecule has 1 aliphatic rings. The summed E-state index contributed by atoms with van der Waals surface area (Å²) in [4.78, 5) is 33.5. The van der Waals surface area contributed by atoms with Crippen molar-refractivity contribution in [2.75, 3.05) is 26.2 Å². The van der Waals surface area contributed by atoms with Crippen molar-refractivity contribution in [2.24, 2.45) is 0 Å². The number of nitrogens with zero attached hydrogens (tertiary/aromatic N) is 3.